The third-order valence-corrected chi connectivity index (χ3v) is 5.60. The Morgan fingerprint density at radius 2 is 2.11 bits per heavy atom. The number of alkyl halides is 1. The molecular weight excluding hydrogens is 372 g/mol. The number of benzene rings is 1. The summed E-state index contributed by atoms with van der Waals surface area (Å²) in [6.07, 6.45) is 3.74. The Hall–Kier alpha value is -0.0600. The van der Waals surface area contributed by atoms with Crippen LogP contribution in [0, 0.1) is 13.8 Å². The minimum Gasteiger partial charge on any atom is -0.496 e. The molecule has 0 radical (unpaired) electrons. The number of rotatable bonds is 3. The number of methoxy groups -OCH3 is 1. The number of ether oxygens (including phenoxy) is 2. The van der Waals surface area contributed by atoms with Crippen molar-refractivity contribution in [2.45, 2.75) is 44.0 Å². The fraction of sp³-hybridized carbons (Fsp3) is 0.600. The zero-order valence-corrected chi connectivity index (χ0v) is 14.8. The van der Waals surface area contributed by atoms with Gasteiger partial charge in [0.2, 0.25) is 0 Å². The average molecular weight is 392 g/mol. The van der Waals surface area contributed by atoms with Crippen LogP contribution in [0.2, 0.25) is 0 Å². The fourth-order valence-electron chi connectivity index (χ4n) is 2.66. The van der Waals surface area contributed by atoms with E-state index >= 15 is 0 Å². The van der Waals surface area contributed by atoms with Crippen molar-refractivity contribution in [2.75, 3.05) is 13.7 Å². The molecule has 2 nitrogen and oxygen atoms in total. The van der Waals surface area contributed by atoms with Gasteiger partial charge in [-0.1, -0.05) is 31.9 Å². The lowest BCUT2D eigenvalue weighted by atomic mass is 9.95. The van der Waals surface area contributed by atoms with E-state index in [1.807, 2.05) is 0 Å². The van der Waals surface area contributed by atoms with Gasteiger partial charge >= 0.3 is 0 Å². The zero-order valence-electron chi connectivity index (χ0n) is 11.6. The molecular formula is C15H20Br2O2. The molecule has 1 fully saturated rings. The monoisotopic (exact) mass is 390 g/mol. The van der Waals surface area contributed by atoms with E-state index in [4.69, 9.17) is 9.47 Å². The van der Waals surface area contributed by atoms with Gasteiger partial charge in [-0.3, -0.25) is 0 Å². The molecule has 0 bridgehead atoms. The fourth-order valence-corrected chi connectivity index (χ4v) is 4.19. The summed E-state index contributed by atoms with van der Waals surface area (Å²) in [6, 6.07) is 2.11. The number of aryl methyl sites for hydroxylation is 1. The molecule has 1 aliphatic heterocycles. The van der Waals surface area contributed by atoms with Crippen LogP contribution in [0.15, 0.2) is 10.5 Å². The summed E-state index contributed by atoms with van der Waals surface area (Å²) in [7, 11) is 1.74. The van der Waals surface area contributed by atoms with Crippen molar-refractivity contribution in [3.8, 4) is 5.75 Å². The molecule has 1 aromatic rings. The van der Waals surface area contributed by atoms with E-state index in [-0.39, 0.29) is 10.9 Å². The predicted octanol–water partition coefficient (Wildman–Crippen LogP) is 5.08. The Labute approximate surface area is 132 Å². The van der Waals surface area contributed by atoms with E-state index in [0.717, 1.165) is 28.8 Å². The summed E-state index contributed by atoms with van der Waals surface area (Å²) in [5.41, 5.74) is 3.58. The van der Waals surface area contributed by atoms with Gasteiger partial charge in [0.05, 0.1) is 18.0 Å². The van der Waals surface area contributed by atoms with Crippen LogP contribution in [0.25, 0.3) is 0 Å². The highest BCUT2D eigenvalue weighted by Crippen LogP contribution is 2.43. The first-order valence-corrected chi connectivity index (χ1v) is 8.36. The van der Waals surface area contributed by atoms with E-state index < -0.39 is 0 Å². The first kappa shape index (κ1) is 15.3. The molecule has 0 spiro atoms. The van der Waals surface area contributed by atoms with Crippen molar-refractivity contribution in [3.63, 3.8) is 0 Å². The van der Waals surface area contributed by atoms with Crippen LogP contribution < -0.4 is 4.74 Å². The Morgan fingerprint density at radius 1 is 1.37 bits per heavy atom. The van der Waals surface area contributed by atoms with Crippen LogP contribution in [-0.4, -0.2) is 19.8 Å². The predicted molar refractivity (Wildman–Crippen MR) is 85.4 cm³/mol. The largest absolute Gasteiger partial charge is 0.496 e. The van der Waals surface area contributed by atoms with Crippen LogP contribution >= 0.6 is 31.9 Å². The van der Waals surface area contributed by atoms with Crippen molar-refractivity contribution in [3.05, 3.63) is 27.2 Å². The van der Waals surface area contributed by atoms with E-state index in [0.29, 0.717) is 0 Å². The van der Waals surface area contributed by atoms with Gasteiger partial charge in [0.1, 0.15) is 5.75 Å². The topological polar surface area (TPSA) is 18.5 Å². The van der Waals surface area contributed by atoms with Gasteiger partial charge in [-0.05, 0) is 50.3 Å². The first-order valence-electron chi connectivity index (χ1n) is 6.65. The molecule has 1 aliphatic rings. The van der Waals surface area contributed by atoms with Gasteiger partial charge in [-0.25, -0.2) is 0 Å². The smallest absolute Gasteiger partial charge is 0.126 e. The molecule has 0 amide bonds. The van der Waals surface area contributed by atoms with E-state index in [1.165, 1.54) is 24.0 Å². The standard InChI is InChI=1S/C15H20Br2O2/c1-9-8-11(16)10(2)13(15(9)18-3)14(17)12-6-4-5-7-19-12/h8,12,14H,4-7H2,1-3H3. The van der Waals surface area contributed by atoms with Crippen molar-refractivity contribution in [1.82, 2.24) is 0 Å². The summed E-state index contributed by atoms with van der Waals surface area (Å²) in [4.78, 5) is 0.180. The summed E-state index contributed by atoms with van der Waals surface area (Å²) in [5, 5.41) is 0. The van der Waals surface area contributed by atoms with Crippen molar-refractivity contribution < 1.29 is 9.47 Å². The summed E-state index contributed by atoms with van der Waals surface area (Å²) < 4.78 is 12.7. The third-order valence-electron chi connectivity index (χ3n) is 3.73. The molecule has 106 valence electrons. The third kappa shape index (κ3) is 3.17. The molecule has 2 atom stereocenters. The van der Waals surface area contributed by atoms with Gasteiger partial charge in [0.25, 0.3) is 0 Å². The molecule has 0 saturated carbocycles. The van der Waals surface area contributed by atoms with E-state index in [9.17, 15) is 0 Å². The molecule has 0 N–H and O–H groups in total. The normalized spacial score (nSPS) is 21.2. The lowest BCUT2D eigenvalue weighted by molar-refractivity contribution is 0.0156. The number of hydrogen-bond donors (Lipinski definition) is 0. The Balaban J connectivity index is 2.41. The summed E-state index contributed by atoms with van der Waals surface area (Å²) >= 11 is 7.47. The molecule has 0 aromatic heterocycles. The highest BCUT2D eigenvalue weighted by molar-refractivity contribution is 9.10. The van der Waals surface area contributed by atoms with E-state index in [2.05, 4.69) is 51.8 Å². The molecule has 0 aliphatic carbocycles. The van der Waals surface area contributed by atoms with Gasteiger partial charge < -0.3 is 9.47 Å². The molecule has 1 saturated heterocycles. The summed E-state index contributed by atoms with van der Waals surface area (Å²) in [6.45, 7) is 5.06. The molecule has 2 unspecified atom stereocenters. The maximum Gasteiger partial charge on any atom is 0.126 e. The quantitative estimate of drug-likeness (QED) is 0.669. The molecule has 2 rings (SSSR count). The Morgan fingerprint density at radius 3 is 2.68 bits per heavy atom. The minimum atomic E-state index is 0.180. The molecule has 1 aromatic carbocycles. The van der Waals surface area contributed by atoms with Gasteiger partial charge in [-0.2, -0.15) is 0 Å². The lowest BCUT2D eigenvalue weighted by Gasteiger charge is -2.29. The van der Waals surface area contributed by atoms with E-state index in [1.54, 1.807) is 7.11 Å². The second-order valence-electron chi connectivity index (χ2n) is 5.05. The second-order valence-corrected chi connectivity index (χ2v) is 6.89. The van der Waals surface area contributed by atoms with Gasteiger partial charge in [-0.15, -0.1) is 0 Å². The van der Waals surface area contributed by atoms with Crippen LogP contribution in [0.5, 0.6) is 5.75 Å². The molecule has 19 heavy (non-hydrogen) atoms. The van der Waals surface area contributed by atoms with Crippen molar-refractivity contribution in [1.29, 1.82) is 0 Å². The van der Waals surface area contributed by atoms with Crippen LogP contribution in [0.4, 0.5) is 0 Å². The average Bonchev–Trinajstić information content (AvgIpc) is 2.42. The maximum absolute atomic E-state index is 5.91. The van der Waals surface area contributed by atoms with Crippen LogP contribution in [0.1, 0.15) is 40.8 Å². The van der Waals surface area contributed by atoms with Gasteiger partial charge in [0.15, 0.2) is 0 Å². The highest BCUT2D eigenvalue weighted by atomic mass is 79.9. The summed E-state index contributed by atoms with van der Waals surface area (Å²) in [5.74, 6) is 0.969. The van der Waals surface area contributed by atoms with Crippen LogP contribution in [0.3, 0.4) is 0 Å². The van der Waals surface area contributed by atoms with Crippen molar-refractivity contribution in [2.24, 2.45) is 0 Å². The number of hydrogen-bond acceptors (Lipinski definition) is 2. The van der Waals surface area contributed by atoms with Crippen LogP contribution in [-0.2, 0) is 4.74 Å². The molecule has 1 heterocycles. The first-order chi connectivity index (χ1) is 9.06. The highest BCUT2D eigenvalue weighted by Gasteiger charge is 2.28. The van der Waals surface area contributed by atoms with Crippen molar-refractivity contribution >= 4 is 31.9 Å². The minimum absolute atomic E-state index is 0.180. The lowest BCUT2D eigenvalue weighted by Crippen LogP contribution is -2.24. The Kier molecular flexibility index (Phi) is 5.32. The number of halogens is 2. The molecule has 4 heteroatoms. The maximum atomic E-state index is 5.91. The Bertz CT molecular complexity index is 454. The zero-order chi connectivity index (χ0) is 14.0. The SMILES string of the molecule is COc1c(C)cc(Br)c(C)c1C(Br)C1CCCCO1. The second kappa shape index (κ2) is 6.59. The van der Waals surface area contributed by atoms with Gasteiger partial charge in [0, 0.05) is 16.6 Å².